The molecule has 3 atom stereocenters. The number of anilines is 1. The van der Waals surface area contributed by atoms with Crippen molar-refractivity contribution in [2.24, 2.45) is 11.7 Å². The Balaban J connectivity index is 2.28. The van der Waals surface area contributed by atoms with E-state index in [-0.39, 0.29) is 23.9 Å². The Morgan fingerprint density at radius 3 is 2.83 bits per heavy atom. The Morgan fingerprint density at radius 2 is 2.22 bits per heavy atom. The molecule has 18 heavy (non-hydrogen) atoms. The van der Waals surface area contributed by atoms with Crippen molar-refractivity contribution in [1.29, 1.82) is 0 Å². The first-order chi connectivity index (χ1) is 8.49. The predicted molar refractivity (Wildman–Crippen MR) is 71.0 cm³/mol. The van der Waals surface area contributed by atoms with E-state index >= 15 is 0 Å². The van der Waals surface area contributed by atoms with Crippen LogP contribution in [0.5, 0.6) is 0 Å². The van der Waals surface area contributed by atoms with E-state index in [1.165, 1.54) is 12.1 Å². The molecule has 1 aromatic rings. The zero-order valence-electron chi connectivity index (χ0n) is 10.9. The monoisotopic (exact) mass is 252 g/mol. The molecule has 1 aliphatic heterocycles. The zero-order valence-corrected chi connectivity index (χ0v) is 10.9. The van der Waals surface area contributed by atoms with E-state index in [0.717, 1.165) is 30.8 Å². The van der Waals surface area contributed by atoms with Gasteiger partial charge in [-0.3, -0.25) is 0 Å². The predicted octanol–water partition coefficient (Wildman–Crippen LogP) is 2.05. The first-order valence-corrected chi connectivity index (χ1v) is 6.47. The van der Waals surface area contributed by atoms with Gasteiger partial charge in [0.1, 0.15) is 5.82 Å². The number of rotatable bonds is 2. The Hall–Kier alpha value is -1.13. The third kappa shape index (κ3) is 2.65. The fourth-order valence-corrected chi connectivity index (χ4v) is 2.53. The van der Waals surface area contributed by atoms with E-state index in [2.05, 4.69) is 4.90 Å². The summed E-state index contributed by atoms with van der Waals surface area (Å²) in [5.74, 6) is -0.0270. The molecule has 1 heterocycles. The molecule has 0 bridgehead atoms. The second-order valence-corrected chi connectivity index (χ2v) is 5.27. The van der Waals surface area contributed by atoms with Crippen LogP contribution in [-0.2, 0) is 0 Å². The van der Waals surface area contributed by atoms with Crippen LogP contribution in [0.15, 0.2) is 18.2 Å². The topological polar surface area (TPSA) is 49.5 Å². The summed E-state index contributed by atoms with van der Waals surface area (Å²) in [4.78, 5) is 2.19. The van der Waals surface area contributed by atoms with Gasteiger partial charge < -0.3 is 15.7 Å². The van der Waals surface area contributed by atoms with Crippen LogP contribution in [0.2, 0.25) is 0 Å². The van der Waals surface area contributed by atoms with Gasteiger partial charge in [-0.15, -0.1) is 0 Å². The van der Waals surface area contributed by atoms with Gasteiger partial charge in [-0.05, 0) is 43.0 Å². The number of piperidine rings is 1. The molecule has 0 aromatic heterocycles. The third-order valence-corrected chi connectivity index (χ3v) is 3.68. The molecule has 0 spiro atoms. The number of nitrogens with zero attached hydrogens (tertiary/aromatic N) is 1. The van der Waals surface area contributed by atoms with E-state index in [1.807, 2.05) is 13.8 Å². The van der Waals surface area contributed by atoms with Gasteiger partial charge in [0.25, 0.3) is 0 Å². The van der Waals surface area contributed by atoms with Gasteiger partial charge in [-0.2, -0.15) is 0 Å². The third-order valence-electron chi connectivity index (χ3n) is 3.68. The largest absolute Gasteiger partial charge is 0.393 e. The van der Waals surface area contributed by atoms with Crippen LogP contribution in [0.25, 0.3) is 0 Å². The van der Waals surface area contributed by atoms with Gasteiger partial charge >= 0.3 is 0 Å². The van der Waals surface area contributed by atoms with Gasteiger partial charge in [0.15, 0.2) is 0 Å². The summed E-state index contributed by atoms with van der Waals surface area (Å²) >= 11 is 0. The van der Waals surface area contributed by atoms with Crippen molar-refractivity contribution in [2.45, 2.75) is 32.4 Å². The molecule has 1 aromatic carbocycles. The minimum Gasteiger partial charge on any atom is -0.393 e. The van der Waals surface area contributed by atoms with Gasteiger partial charge in [0, 0.05) is 24.8 Å². The highest BCUT2D eigenvalue weighted by molar-refractivity contribution is 5.55. The smallest absolute Gasteiger partial charge is 0.123 e. The van der Waals surface area contributed by atoms with Crippen LogP contribution < -0.4 is 10.6 Å². The average molecular weight is 252 g/mol. The number of nitrogens with two attached hydrogens (primary N) is 1. The average Bonchev–Trinajstić information content (AvgIpc) is 2.32. The molecular formula is C14H21FN2O. The molecule has 0 saturated carbocycles. The number of hydrogen-bond donors (Lipinski definition) is 2. The Kier molecular flexibility index (Phi) is 3.88. The number of aliphatic hydroxyl groups is 1. The summed E-state index contributed by atoms with van der Waals surface area (Å²) in [6.07, 6.45) is 0.511. The number of benzene rings is 1. The van der Waals surface area contributed by atoms with Crippen LogP contribution in [0.4, 0.5) is 10.1 Å². The summed E-state index contributed by atoms with van der Waals surface area (Å²) in [6.45, 7) is 5.47. The van der Waals surface area contributed by atoms with Crippen molar-refractivity contribution in [1.82, 2.24) is 0 Å². The summed E-state index contributed by atoms with van der Waals surface area (Å²) in [5.41, 5.74) is 7.73. The SMILES string of the molecule is CC(N)c1cc(F)ccc1N1CCC(O)C(C)C1. The molecule has 100 valence electrons. The molecule has 4 heteroatoms. The maximum absolute atomic E-state index is 13.3. The highest BCUT2D eigenvalue weighted by Gasteiger charge is 2.26. The zero-order chi connectivity index (χ0) is 13.3. The summed E-state index contributed by atoms with van der Waals surface area (Å²) < 4.78 is 13.3. The molecule has 3 N–H and O–H groups in total. The van der Waals surface area contributed by atoms with E-state index < -0.39 is 0 Å². The molecule has 0 radical (unpaired) electrons. The molecule has 3 nitrogen and oxygen atoms in total. The van der Waals surface area contributed by atoms with Crippen molar-refractivity contribution >= 4 is 5.69 Å². The van der Waals surface area contributed by atoms with Crippen molar-refractivity contribution in [2.75, 3.05) is 18.0 Å². The van der Waals surface area contributed by atoms with Gasteiger partial charge in [-0.25, -0.2) is 4.39 Å². The van der Waals surface area contributed by atoms with Crippen LogP contribution in [0.1, 0.15) is 31.9 Å². The molecule has 0 aliphatic carbocycles. The van der Waals surface area contributed by atoms with Crippen molar-refractivity contribution in [3.05, 3.63) is 29.6 Å². The summed E-state index contributed by atoms with van der Waals surface area (Å²) in [6, 6.07) is 4.57. The molecule has 1 aliphatic rings. The Morgan fingerprint density at radius 1 is 1.50 bits per heavy atom. The lowest BCUT2D eigenvalue weighted by molar-refractivity contribution is 0.0970. The summed E-state index contributed by atoms with van der Waals surface area (Å²) in [5, 5.41) is 9.75. The highest BCUT2D eigenvalue weighted by atomic mass is 19.1. The Bertz CT molecular complexity index is 422. The minimum absolute atomic E-state index is 0.196. The first kappa shape index (κ1) is 13.3. The lowest BCUT2D eigenvalue weighted by Gasteiger charge is -2.37. The Labute approximate surface area is 107 Å². The lowest BCUT2D eigenvalue weighted by atomic mass is 9.95. The van der Waals surface area contributed by atoms with E-state index in [4.69, 9.17) is 5.73 Å². The van der Waals surface area contributed by atoms with Crippen molar-refractivity contribution in [3.63, 3.8) is 0 Å². The van der Waals surface area contributed by atoms with Gasteiger partial charge in [0.05, 0.1) is 6.10 Å². The summed E-state index contributed by atoms with van der Waals surface area (Å²) in [7, 11) is 0. The maximum atomic E-state index is 13.3. The molecule has 1 fully saturated rings. The fourth-order valence-electron chi connectivity index (χ4n) is 2.53. The van der Waals surface area contributed by atoms with Crippen LogP contribution in [-0.4, -0.2) is 24.3 Å². The van der Waals surface area contributed by atoms with E-state index in [9.17, 15) is 9.50 Å². The lowest BCUT2D eigenvalue weighted by Crippen LogP contribution is -2.42. The van der Waals surface area contributed by atoms with Crippen molar-refractivity contribution in [3.8, 4) is 0 Å². The highest BCUT2D eigenvalue weighted by Crippen LogP contribution is 2.30. The number of hydrogen-bond acceptors (Lipinski definition) is 3. The number of aliphatic hydroxyl groups excluding tert-OH is 1. The minimum atomic E-state index is -0.254. The molecule has 0 amide bonds. The molecule has 2 rings (SSSR count). The van der Waals surface area contributed by atoms with Crippen LogP contribution in [0.3, 0.4) is 0 Å². The standard InChI is InChI=1S/C14H21FN2O/c1-9-8-17(6-5-14(9)18)13-4-3-11(15)7-12(13)10(2)16/h3-4,7,9-10,14,18H,5-6,8,16H2,1-2H3. The van der Waals surface area contributed by atoms with Crippen molar-refractivity contribution < 1.29 is 9.50 Å². The fraction of sp³-hybridized carbons (Fsp3) is 0.571. The second kappa shape index (κ2) is 5.24. The van der Waals surface area contributed by atoms with Crippen LogP contribution >= 0.6 is 0 Å². The van der Waals surface area contributed by atoms with Gasteiger partial charge in [-0.1, -0.05) is 6.92 Å². The molecular weight excluding hydrogens is 231 g/mol. The van der Waals surface area contributed by atoms with Crippen LogP contribution in [0, 0.1) is 11.7 Å². The van der Waals surface area contributed by atoms with E-state index in [1.54, 1.807) is 6.07 Å². The quantitative estimate of drug-likeness (QED) is 0.847. The molecule has 3 unspecified atom stereocenters. The number of halogens is 1. The first-order valence-electron chi connectivity index (χ1n) is 6.47. The van der Waals surface area contributed by atoms with Gasteiger partial charge in [0.2, 0.25) is 0 Å². The maximum Gasteiger partial charge on any atom is 0.123 e. The normalized spacial score (nSPS) is 26.2. The second-order valence-electron chi connectivity index (χ2n) is 5.27. The molecule has 1 saturated heterocycles. The van der Waals surface area contributed by atoms with E-state index in [0.29, 0.717) is 0 Å².